The number of para-hydroxylation sites is 1. The lowest BCUT2D eigenvalue weighted by molar-refractivity contribution is -0.383. The SMILES string of the molecule is Nc1cccc(NCC2(O)CCCCCC2)c1[N+](=O)[O-]. The van der Waals surface area contributed by atoms with Crippen LogP contribution in [0.3, 0.4) is 0 Å². The van der Waals surface area contributed by atoms with Crippen LogP contribution in [0.25, 0.3) is 0 Å². The van der Waals surface area contributed by atoms with Crippen LogP contribution in [-0.4, -0.2) is 22.2 Å². The zero-order chi connectivity index (χ0) is 14.6. The Bertz CT molecular complexity index is 483. The van der Waals surface area contributed by atoms with Gasteiger partial charge in [0.1, 0.15) is 11.4 Å². The standard InChI is InChI=1S/C14H21N3O3/c15-11-6-5-7-12(13(11)17(19)20)16-10-14(18)8-3-1-2-4-9-14/h5-7,16,18H,1-4,8-10,15H2. The summed E-state index contributed by atoms with van der Waals surface area (Å²) in [5.41, 5.74) is 5.24. The average Bonchev–Trinajstić information content (AvgIpc) is 2.61. The van der Waals surface area contributed by atoms with Crippen molar-refractivity contribution >= 4 is 17.1 Å². The number of nitrogens with two attached hydrogens (primary N) is 1. The van der Waals surface area contributed by atoms with Crippen molar-refractivity contribution in [3.05, 3.63) is 28.3 Å². The number of hydrogen-bond donors (Lipinski definition) is 3. The van der Waals surface area contributed by atoms with Crippen LogP contribution in [0, 0.1) is 10.1 Å². The second-order valence-corrected chi connectivity index (χ2v) is 5.49. The summed E-state index contributed by atoms with van der Waals surface area (Å²) in [7, 11) is 0. The third-order valence-electron chi connectivity index (χ3n) is 3.89. The van der Waals surface area contributed by atoms with Crippen molar-refractivity contribution in [2.75, 3.05) is 17.6 Å². The maximum Gasteiger partial charge on any atom is 0.314 e. The minimum atomic E-state index is -0.783. The quantitative estimate of drug-likeness (QED) is 0.340. The Morgan fingerprint density at radius 3 is 2.55 bits per heavy atom. The summed E-state index contributed by atoms with van der Waals surface area (Å²) in [6.45, 7) is 0.317. The lowest BCUT2D eigenvalue weighted by atomic mass is 9.94. The molecule has 0 saturated heterocycles. The summed E-state index contributed by atoms with van der Waals surface area (Å²) in [6.07, 6.45) is 5.74. The molecule has 0 amide bonds. The van der Waals surface area contributed by atoms with Crippen molar-refractivity contribution in [2.45, 2.75) is 44.1 Å². The minimum absolute atomic E-state index is 0.121. The summed E-state index contributed by atoms with van der Waals surface area (Å²) in [4.78, 5) is 10.6. The van der Waals surface area contributed by atoms with Crippen molar-refractivity contribution < 1.29 is 10.0 Å². The van der Waals surface area contributed by atoms with Gasteiger partial charge in [-0.05, 0) is 25.0 Å². The van der Waals surface area contributed by atoms with E-state index in [1.54, 1.807) is 12.1 Å². The molecular weight excluding hydrogens is 258 g/mol. The molecule has 0 heterocycles. The molecule has 0 atom stereocenters. The van der Waals surface area contributed by atoms with E-state index in [4.69, 9.17) is 5.73 Å². The van der Waals surface area contributed by atoms with E-state index in [0.717, 1.165) is 38.5 Å². The van der Waals surface area contributed by atoms with E-state index in [-0.39, 0.29) is 11.4 Å². The third kappa shape index (κ3) is 3.39. The first-order valence-electron chi connectivity index (χ1n) is 7.01. The summed E-state index contributed by atoms with van der Waals surface area (Å²) < 4.78 is 0. The highest BCUT2D eigenvalue weighted by molar-refractivity contribution is 5.74. The fourth-order valence-electron chi connectivity index (χ4n) is 2.73. The molecule has 4 N–H and O–H groups in total. The molecule has 110 valence electrons. The van der Waals surface area contributed by atoms with Crippen molar-refractivity contribution in [3.63, 3.8) is 0 Å². The number of rotatable bonds is 4. The summed E-state index contributed by atoms with van der Waals surface area (Å²) in [5.74, 6) is 0. The molecule has 6 heteroatoms. The number of nitro benzene ring substituents is 1. The molecule has 1 aromatic carbocycles. The van der Waals surface area contributed by atoms with Gasteiger partial charge in [-0.2, -0.15) is 0 Å². The van der Waals surface area contributed by atoms with Crippen LogP contribution in [0.4, 0.5) is 17.1 Å². The molecule has 0 aromatic heterocycles. The molecule has 0 aliphatic heterocycles. The van der Waals surface area contributed by atoms with Gasteiger partial charge in [-0.15, -0.1) is 0 Å². The molecule has 0 spiro atoms. The predicted molar refractivity (Wildman–Crippen MR) is 78.7 cm³/mol. The van der Waals surface area contributed by atoms with Crippen LogP contribution >= 0.6 is 0 Å². The van der Waals surface area contributed by atoms with Crippen LogP contribution < -0.4 is 11.1 Å². The van der Waals surface area contributed by atoms with E-state index in [1.807, 2.05) is 0 Å². The zero-order valence-corrected chi connectivity index (χ0v) is 11.5. The molecule has 20 heavy (non-hydrogen) atoms. The van der Waals surface area contributed by atoms with Gasteiger partial charge in [-0.3, -0.25) is 10.1 Å². The first kappa shape index (κ1) is 14.6. The van der Waals surface area contributed by atoms with Crippen LogP contribution in [0.5, 0.6) is 0 Å². The van der Waals surface area contributed by atoms with Gasteiger partial charge in [0.15, 0.2) is 0 Å². The van der Waals surface area contributed by atoms with Crippen LogP contribution in [0.15, 0.2) is 18.2 Å². The largest absolute Gasteiger partial charge is 0.393 e. The number of hydrogen-bond acceptors (Lipinski definition) is 5. The van der Waals surface area contributed by atoms with Gasteiger partial charge in [-0.25, -0.2) is 0 Å². The molecule has 2 rings (SSSR count). The molecule has 1 aliphatic carbocycles. The third-order valence-corrected chi connectivity index (χ3v) is 3.89. The molecule has 1 fully saturated rings. The maximum absolute atomic E-state index is 11.1. The fraction of sp³-hybridized carbons (Fsp3) is 0.571. The molecule has 0 radical (unpaired) electrons. The number of aliphatic hydroxyl groups is 1. The zero-order valence-electron chi connectivity index (χ0n) is 11.5. The lowest BCUT2D eigenvalue weighted by Crippen LogP contribution is -2.36. The van der Waals surface area contributed by atoms with Gasteiger partial charge in [0.25, 0.3) is 0 Å². The fourth-order valence-corrected chi connectivity index (χ4v) is 2.73. The Labute approximate surface area is 118 Å². The smallest absolute Gasteiger partial charge is 0.314 e. The number of nitro groups is 1. The molecular formula is C14H21N3O3. The minimum Gasteiger partial charge on any atom is -0.393 e. The van der Waals surface area contributed by atoms with Crippen LogP contribution in [-0.2, 0) is 0 Å². The number of nitrogen functional groups attached to an aromatic ring is 1. The van der Waals surface area contributed by atoms with E-state index in [1.165, 1.54) is 6.07 Å². The molecule has 6 nitrogen and oxygen atoms in total. The Morgan fingerprint density at radius 2 is 1.95 bits per heavy atom. The summed E-state index contributed by atoms with van der Waals surface area (Å²) in [6, 6.07) is 4.79. The van der Waals surface area contributed by atoms with Crippen molar-refractivity contribution in [2.24, 2.45) is 0 Å². The molecule has 1 saturated carbocycles. The van der Waals surface area contributed by atoms with Crippen LogP contribution in [0.1, 0.15) is 38.5 Å². The van der Waals surface area contributed by atoms with Crippen molar-refractivity contribution in [3.8, 4) is 0 Å². The maximum atomic E-state index is 11.1. The van der Waals surface area contributed by atoms with Crippen molar-refractivity contribution in [1.82, 2.24) is 0 Å². The highest BCUT2D eigenvalue weighted by atomic mass is 16.6. The van der Waals surface area contributed by atoms with Gasteiger partial charge in [-0.1, -0.05) is 31.7 Å². The number of nitrogens with zero attached hydrogens (tertiary/aromatic N) is 1. The van der Waals surface area contributed by atoms with Gasteiger partial charge in [0.2, 0.25) is 0 Å². The summed E-state index contributed by atoms with van der Waals surface area (Å²) in [5, 5.41) is 24.6. The van der Waals surface area contributed by atoms with E-state index < -0.39 is 10.5 Å². The van der Waals surface area contributed by atoms with Gasteiger partial charge >= 0.3 is 5.69 Å². The molecule has 1 aromatic rings. The lowest BCUT2D eigenvalue weighted by Gasteiger charge is -2.27. The van der Waals surface area contributed by atoms with E-state index in [9.17, 15) is 15.2 Å². The predicted octanol–water partition coefficient (Wildman–Crippen LogP) is 2.67. The van der Waals surface area contributed by atoms with E-state index in [2.05, 4.69) is 5.32 Å². The van der Waals surface area contributed by atoms with Gasteiger partial charge in [0.05, 0.1) is 10.5 Å². The Balaban J connectivity index is 2.10. The average molecular weight is 279 g/mol. The Kier molecular flexibility index (Phi) is 4.44. The second kappa shape index (κ2) is 6.09. The summed E-state index contributed by atoms with van der Waals surface area (Å²) >= 11 is 0. The second-order valence-electron chi connectivity index (χ2n) is 5.49. The number of nitrogens with one attached hydrogen (secondary N) is 1. The highest BCUT2D eigenvalue weighted by Gasteiger charge is 2.29. The van der Waals surface area contributed by atoms with E-state index >= 15 is 0 Å². The Hall–Kier alpha value is -1.82. The monoisotopic (exact) mass is 279 g/mol. The first-order chi connectivity index (χ1) is 9.52. The normalized spacial score (nSPS) is 18.2. The number of benzene rings is 1. The van der Waals surface area contributed by atoms with E-state index in [0.29, 0.717) is 12.2 Å². The van der Waals surface area contributed by atoms with Gasteiger partial charge < -0.3 is 16.2 Å². The molecule has 0 bridgehead atoms. The highest BCUT2D eigenvalue weighted by Crippen LogP contribution is 2.32. The number of anilines is 2. The van der Waals surface area contributed by atoms with Crippen LogP contribution in [0.2, 0.25) is 0 Å². The van der Waals surface area contributed by atoms with Gasteiger partial charge in [0, 0.05) is 6.54 Å². The van der Waals surface area contributed by atoms with Crippen molar-refractivity contribution in [1.29, 1.82) is 0 Å². The molecule has 0 unspecified atom stereocenters. The first-order valence-corrected chi connectivity index (χ1v) is 7.01. The Morgan fingerprint density at radius 1 is 1.30 bits per heavy atom. The topological polar surface area (TPSA) is 101 Å². The molecule has 1 aliphatic rings.